The van der Waals surface area contributed by atoms with E-state index < -0.39 is 0 Å². The molecule has 0 aliphatic rings. The minimum Gasteiger partial charge on any atom is -0.383 e. The van der Waals surface area contributed by atoms with Crippen molar-refractivity contribution in [3.05, 3.63) is 45.1 Å². The van der Waals surface area contributed by atoms with E-state index in [-0.39, 0.29) is 0 Å². The lowest BCUT2D eigenvalue weighted by atomic mass is 10.00. The molecule has 0 atom stereocenters. The second kappa shape index (κ2) is 4.53. The molecule has 90 valence electrons. The van der Waals surface area contributed by atoms with Crippen LogP contribution in [0, 0.1) is 20.8 Å². The maximum atomic E-state index is 5.93. The monoisotopic (exact) mass is 293 g/mol. The van der Waals surface area contributed by atoms with Gasteiger partial charge in [-0.2, -0.15) is 5.10 Å². The number of aromatic nitrogens is 2. The summed E-state index contributed by atoms with van der Waals surface area (Å²) >= 11 is 3.37. The Morgan fingerprint density at radius 2 is 1.82 bits per heavy atom. The van der Waals surface area contributed by atoms with Crippen LogP contribution < -0.4 is 5.73 Å². The molecule has 0 amide bonds. The number of rotatable bonds is 2. The van der Waals surface area contributed by atoms with Crippen LogP contribution in [0.15, 0.2) is 22.8 Å². The van der Waals surface area contributed by atoms with Gasteiger partial charge in [-0.1, -0.05) is 17.7 Å². The van der Waals surface area contributed by atoms with E-state index in [1.165, 1.54) is 22.3 Å². The van der Waals surface area contributed by atoms with Gasteiger partial charge in [0, 0.05) is 0 Å². The van der Waals surface area contributed by atoms with E-state index in [0.29, 0.717) is 5.82 Å². The molecule has 2 rings (SSSR count). The third-order valence-electron chi connectivity index (χ3n) is 2.98. The van der Waals surface area contributed by atoms with Crippen LogP contribution in [0.5, 0.6) is 0 Å². The number of benzene rings is 1. The van der Waals surface area contributed by atoms with Gasteiger partial charge in [0.1, 0.15) is 5.82 Å². The van der Waals surface area contributed by atoms with Gasteiger partial charge in [-0.15, -0.1) is 0 Å². The summed E-state index contributed by atoms with van der Waals surface area (Å²) in [6.45, 7) is 7.09. The molecule has 17 heavy (non-hydrogen) atoms. The smallest absolute Gasteiger partial charge is 0.136 e. The quantitative estimate of drug-likeness (QED) is 0.924. The van der Waals surface area contributed by atoms with Gasteiger partial charge in [0.2, 0.25) is 0 Å². The van der Waals surface area contributed by atoms with Crippen LogP contribution >= 0.6 is 15.9 Å². The predicted octanol–water partition coefficient (Wildman–Crippen LogP) is 3.20. The molecule has 2 aromatic rings. The molecule has 0 saturated heterocycles. The van der Waals surface area contributed by atoms with Crippen molar-refractivity contribution < 1.29 is 0 Å². The fourth-order valence-corrected chi connectivity index (χ4v) is 2.40. The standard InChI is InChI=1S/C13H16BrN3/c1-8-4-9(2)11(10(3)5-8)7-17-13(15)12(14)6-16-17/h4-6H,7,15H2,1-3H3. The van der Waals surface area contributed by atoms with Crippen molar-refractivity contribution in [1.29, 1.82) is 0 Å². The molecule has 4 heteroatoms. The Balaban J connectivity index is 2.40. The Bertz CT molecular complexity index is 535. The summed E-state index contributed by atoms with van der Waals surface area (Å²) in [6.07, 6.45) is 1.73. The highest BCUT2D eigenvalue weighted by Crippen LogP contribution is 2.22. The summed E-state index contributed by atoms with van der Waals surface area (Å²) in [7, 11) is 0. The number of anilines is 1. The fraction of sp³-hybridized carbons (Fsp3) is 0.308. The van der Waals surface area contributed by atoms with Crippen molar-refractivity contribution in [2.75, 3.05) is 5.73 Å². The van der Waals surface area contributed by atoms with Crippen molar-refractivity contribution in [3.8, 4) is 0 Å². The first-order valence-corrected chi connectivity index (χ1v) is 6.32. The van der Waals surface area contributed by atoms with Crippen molar-refractivity contribution in [2.45, 2.75) is 27.3 Å². The minimum absolute atomic E-state index is 0.671. The summed E-state index contributed by atoms with van der Waals surface area (Å²) in [4.78, 5) is 0. The number of hydrogen-bond acceptors (Lipinski definition) is 2. The Morgan fingerprint density at radius 3 is 2.29 bits per heavy atom. The molecular weight excluding hydrogens is 278 g/mol. The van der Waals surface area contributed by atoms with Crippen molar-refractivity contribution in [2.24, 2.45) is 0 Å². The second-order valence-electron chi connectivity index (χ2n) is 4.41. The molecule has 1 aromatic carbocycles. The van der Waals surface area contributed by atoms with Gasteiger partial charge in [0.05, 0.1) is 17.2 Å². The number of halogens is 1. The number of aryl methyl sites for hydroxylation is 3. The van der Waals surface area contributed by atoms with E-state index >= 15 is 0 Å². The Morgan fingerprint density at radius 1 is 1.24 bits per heavy atom. The van der Waals surface area contributed by atoms with Gasteiger partial charge in [-0.05, 0) is 53.4 Å². The highest BCUT2D eigenvalue weighted by atomic mass is 79.9. The summed E-state index contributed by atoms with van der Waals surface area (Å²) in [5.41, 5.74) is 11.1. The molecule has 0 bridgehead atoms. The number of nitrogen functional groups attached to an aromatic ring is 1. The minimum atomic E-state index is 0.671. The Labute approximate surface area is 110 Å². The first kappa shape index (κ1) is 12.2. The fourth-order valence-electron chi connectivity index (χ4n) is 2.11. The summed E-state index contributed by atoms with van der Waals surface area (Å²) < 4.78 is 2.66. The normalized spacial score (nSPS) is 10.8. The zero-order chi connectivity index (χ0) is 12.6. The van der Waals surface area contributed by atoms with E-state index in [1.54, 1.807) is 6.20 Å². The molecular formula is C13H16BrN3. The molecule has 1 aromatic heterocycles. The molecule has 0 saturated carbocycles. The average Bonchev–Trinajstić information content (AvgIpc) is 2.54. The SMILES string of the molecule is Cc1cc(C)c(Cn2ncc(Br)c2N)c(C)c1. The molecule has 0 fully saturated rings. The van der Waals surface area contributed by atoms with Crippen molar-refractivity contribution in [3.63, 3.8) is 0 Å². The molecule has 0 aliphatic heterocycles. The molecule has 0 aliphatic carbocycles. The topological polar surface area (TPSA) is 43.8 Å². The first-order chi connectivity index (χ1) is 7.99. The maximum absolute atomic E-state index is 5.93. The van der Waals surface area contributed by atoms with Crippen LogP contribution in [0.3, 0.4) is 0 Å². The zero-order valence-corrected chi connectivity index (χ0v) is 11.9. The largest absolute Gasteiger partial charge is 0.383 e. The first-order valence-electron chi connectivity index (χ1n) is 5.52. The van der Waals surface area contributed by atoms with E-state index in [1.807, 2.05) is 4.68 Å². The van der Waals surface area contributed by atoms with E-state index in [0.717, 1.165) is 11.0 Å². The number of hydrogen-bond donors (Lipinski definition) is 1. The molecule has 3 nitrogen and oxygen atoms in total. The summed E-state index contributed by atoms with van der Waals surface area (Å²) in [6, 6.07) is 4.38. The van der Waals surface area contributed by atoms with Crippen molar-refractivity contribution in [1.82, 2.24) is 9.78 Å². The molecule has 0 spiro atoms. The Hall–Kier alpha value is -1.29. The average molecular weight is 294 g/mol. The Kier molecular flexibility index (Phi) is 3.24. The van der Waals surface area contributed by atoms with Crippen LogP contribution in [0.4, 0.5) is 5.82 Å². The van der Waals surface area contributed by atoms with Gasteiger partial charge in [0.25, 0.3) is 0 Å². The molecule has 0 unspecified atom stereocenters. The lowest BCUT2D eigenvalue weighted by Crippen LogP contribution is -2.08. The summed E-state index contributed by atoms with van der Waals surface area (Å²) in [5, 5.41) is 4.26. The predicted molar refractivity (Wildman–Crippen MR) is 74.1 cm³/mol. The van der Waals surface area contributed by atoms with Gasteiger partial charge in [-0.3, -0.25) is 0 Å². The highest BCUT2D eigenvalue weighted by molar-refractivity contribution is 9.10. The second-order valence-corrected chi connectivity index (χ2v) is 5.27. The van der Waals surface area contributed by atoms with E-state index in [4.69, 9.17) is 5.73 Å². The van der Waals surface area contributed by atoms with E-state index in [9.17, 15) is 0 Å². The molecule has 1 heterocycles. The summed E-state index contributed by atoms with van der Waals surface area (Å²) in [5.74, 6) is 0.671. The van der Waals surface area contributed by atoms with Crippen LogP contribution in [-0.2, 0) is 6.54 Å². The van der Waals surface area contributed by atoms with Gasteiger partial charge < -0.3 is 5.73 Å². The van der Waals surface area contributed by atoms with E-state index in [2.05, 4.69) is 53.9 Å². The maximum Gasteiger partial charge on any atom is 0.136 e. The third kappa shape index (κ3) is 2.36. The highest BCUT2D eigenvalue weighted by Gasteiger charge is 2.09. The lowest BCUT2D eigenvalue weighted by molar-refractivity contribution is 0.691. The lowest BCUT2D eigenvalue weighted by Gasteiger charge is -2.12. The number of nitrogens with two attached hydrogens (primary N) is 1. The van der Waals surface area contributed by atoms with Crippen LogP contribution in [0.2, 0.25) is 0 Å². The van der Waals surface area contributed by atoms with Gasteiger partial charge >= 0.3 is 0 Å². The number of nitrogens with zero attached hydrogens (tertiary/aromatic N) is 2. The third-order valence-corrected chi connectivity index (χ3v) is 3.59. The zero-order valence-electron chi connectivity index (χ0n) is 10.3. The van der Waals surface area contributed by atoms with Crippen LogP contribution in [0.25, 0.3) is 0 Å². The molecule has 2 N–H and O–H groups in total. The van der Waals surface area contributed by atoms with Crippen LogP contribution in [0.1, 0.15) is 22.3 Å². The van der Waals surface area contributed by atoms with Gasteiger partial charge in [0.15, 0.2) is 0 Å². The van der Waals surface area contributed by atoms with Crippen LogP contribution in [-0.4, -0.2) is 9.78 Å². The molecule has 0 radical (unpaired) electrons. The van der Waals surface area contributed by atoms with Gasteiger partial charge in [-0.25, -0.2) is 4.68 Å². The van der Waals surface area contributed by atoms with Crippen molar-refractivity contribution >= 4 is 21.7 Å².